The molecule has 0 aliphatic heterocycles. The van der Waals surface area contributed by atoms with Crippen molar-refractivity contribution >= 4 is 35.0 Å². The minimum Gasteiger partial charge on any atom is -0.349 e. The summed E-state index contributed by atoms with van der Waals surface area (Å²) in [5.41, 5.74) is 5.98. The lowest BCUT2D eigenvalue weighted by Gasteiger charge is -2.32. The number of nitrogens with two attached hydrogens (primary N) is 1. The Balaban J connectivity index is 2.61. The third-order valence-electron chi connectivity index (χ3n) is 2.99. The molecule has 0 saturated heterocycles. The largest absolute Gasteiger partial charge is 0.349 e. The molecule has 1 fully saturated rings. The van der Waals surface area contributed by atoms with Gasteiger partial charge in [0.25, 0.3) is 0 Å². The molecule has 1 aliphatic rings. The van der Waals surface area contributed by atoms with E-state index in [1.165, 1.54) is 0 Å². The average Bonchev–Trinajstić information content (AvgIpc) is 2.20. The summed E-state index contributed by atoms with van der Waals surface area (Å²) in [6, 6.07) is 0.162. The molecule has 1 saturated carbocycles. The smallest absolute Gasteiger partial charge is 0.225 e. The number of amides is 1. The highest BCUT2D eigenvalue weighted by Crippen LogP contribution is 2.28. The second-order valence-corrected chi connectivity index (χ2v) is 4.87. The van der Waals surface area contributed by atoms with Crippen LogP contribution in [0.15, 0.2) is 3.21 Å². The molecule has 3 atom stereocenters. The number of nitrogens with zero attached hydrogens (tertiary/aromatic N) is 2. The van der Waals surface area contributed by atoms with Crippen molar-refractivity contribution in [1.82, 2.24) is 4.90 Å². The molecule has 15 heavy (non-hydrogen) atoms. The lowest BCUT2D eigenvalue weighted by Crippen LogP contribution is -2.41. The van der Waals surface area contributed by atoms with Crippen LogP contribution >= 0.6 is 22.9 Å². The van der Waals surface area contributed by atoms with E-state index < -0.39 is 0 Å². The van der Waals surface area contributed by atoms with Crippen LogP contribution in [0.1, 0.15) is 19.3 Å². The van der Waals surface area contributed by atoms with Crippen LogP contribution in [-0.2, 0) is 4.79 Å². The predicted molar refractivity (Wildman–Crippen MR) is 70.0 cm³/mol. The fourth-order valence-corrected chi connectivity index (χ4v) is 2.48. The standard InChI is InChI=1S/C10H18IN3O/c1-14(2)10(15)7-3-4-9(12)8(5-7)6-13-11/h6-9H,3-5,12H2,1-2H3/b13-6+/t7-,8?,9-/m0/s1. The van der Waals surface area contributed by atoms with Crippen LogP contribution in [0.2, 0.25) is 0 Å². The van der Waals surface area contributed by atoms with E-state index in [2.05, 4.69) is 3.21 Å². The molecule has 1 aliphatic carbocycles. The van der Waals surface area contributed by atoms with Gasteiger partial charge < -0.3 is 10.6 Å². The second kappa shape index (κ2) is 5.79. The molecule has 86 valence electrons. The molecule has 0 radical (unpaired) electrons. The molecule has 0 aromatic rings. The maximum absolute atomic E-state index is 11.8. The van der Waals surface area contributed by atoms with Gasteiger partial charge in [-0.15, -0.1) is 0 Å². The zero-order valence-electron chi connectivity index (χ0n) is 9.19. The van der Waals surface area contributed by atoms with Crippen LogP contribution < -0.4 is 5.73 Å². The topological polar surface area (TPSA) is 58.7 Å². The Kier molecular flexibility index (Phi) is 4.98. The summed E-state index contributed by atoms with van der Waals surface area (Å²) < 4.78 is 3.99. The van der Waals surface area contributed by atoms with Gasteiger partial charge in [0, 0.05) is 38.2 Å². The van der Waals surface area contributed by atoms with Gasteiger partial charge in [-0.25, -0.2) is 3.21 Å². The highest BCUT2D eigenvalue weighted by Gasteiger charge is 2.31. The van der Waals surface area contributed by atoms with Crippen molar-refractivity contribution in [2.24, 2.45) is 20.8 Å². The van der Waals surface area contributed by atoms with Gasteiger partial charge in [-0.2, -0.15) is 0 Å². The van der Waals surface area contributed by atoms with Crippen molar-refractivity contribution in [1.29, 1.82) is 0 Å². The molecule has 4 nitrogen and oxygen atoms in total. The van der Waals surface area contributed by atoms with E-state index in [0.29, 0.717) is 0 Å². The summed E-state index contributed by atoms with van der Waals surface area (Å²) >= 11 is 1.96. The minimum absolute atomic E-state index is 0.124. The quantitative estimate of drug-likeness (QED) is 0.614. The molecular weight excluding hydrogens is 305 g/mol. The number of rotatable bonds is 2. The summed E-state index contributed by atoms with van der Waals surface area (Å²) in [6.45, 7) is 0. The van der Waals surface area contributed by atoms with Gasteiger partial charge in [-0.1, -0.05) is 0 Å². The fraction of sp³-hybridized carbons (Fsp3) is 0.800. The zero-order chi connectivity index (χ0) is 11.4. The SMILES string of the molecule is CN(C)C(=O)[C@H]1CC[C@H](N)C(/C=N/I)C1. The molecule has 0 spiro atoms. The van der Waals surface area contributed by atoms with E-state index in [9.17, 15) is 4.79 Å². The first-order valence-corrected chi connectivity index (χ1v) is 6.14. The lowest BCUT2D eigenvalue weighted by molar-refractivity contribution is -0.134. The van der Waals surface area contributed by atoms with Crippen molar-refractivity contribution in [3.8, 4) is 0 Å². The van der Waals surface area contributed by atoms with E-state index in [-0.39, 0.29) is 23.8 Å². The number of hydrogen-bond donors (Lipinski definition) is 1. The second-order valence-electron chi connectivity index (χ2n) is 4.32. The zero-order valence-corrected chi connectivity index (χ0v) is 11.3. The van der Waals surface area contributed by atoms with Crippen molar-refractivity contribution in [2.45, 2.75) is 25.3 Å². The predicted octanol–water partition coefficient (Wildman–Crippen LogP) is 1.24. The Labute approximate surface area is 105 Å². The van der Waals surface area contributed by atoms with Crippen LogP contribution in [0.4, 0.5) is 0 Å². The first-order chi connectivity index (χ1) is 7.06. The summed E-state index contributed by atoms with van der Waals surface area (Å²) in [5, 5.41) is 0. The van der Waals surface area contributed by atoms with Crippen LogP contribution in [0.5, 0.6) is 0 Å². The highest BCUT2D eigenvalue weighted by molar-refractivity contribution is 14.1. The summed E-state index contributed by atoms with van der Waals surface area (Å²) in [6.07, 6.45) is 4.53. The monoisotopic (exact) mass is 323 g/mol. The summed E-state index contributed by atoms with van der Waals surface area (Å²) in [7, 11) is 3.61. The van der Waals surface area contributed by atoms with Gasteiger partial charge >= 0.3 is 0 Å². The van der Waals surface area contributed by atoms with Gasteiger partial charge in [0.15, 0.2) is 0 Å². The molecule has 0 heterocycles. The average molecular weight is 323 g/mol. The molecule has 5 heteroatoms. The maximum Gasteiger partial charge on any atom is 0.225 e. The summed E-state index contributed by atoms with van der Waals surface area (Å²) in [4.78, 5) is 13.5. The van der Waals surface area contributed by atoms with E-state index >= 15 is 0 Å². The van der Waals surface area contributed by atoms with E-state index in [4.69, 9.17) is 5.73 Å². The Bertz CT molecular complexity index is 255. The van der Waals surface area contributed by atoms with Crippen LogP contribution in [-0.4, -0.2) is 37.2 Å². The molecule has 1 amide bonds. The van der Waals surface area contributed by atoms with E-state index in [1.54, 1.807) is 19.0 Å². The van der Waals surface area contributed by atoms with Crippen molar-refractivity contribution in [2.75, 3.05) is 14.1 Å². The normalized spacial score (nSPS) is 31.9. The van der Waals surface area contributed by atoms with Gasteiger partial charge in [-0.05, 0) is 19.3 Å². The maximum atomic E-state index is 11.8. The Morgan fingerprint density at radius 1 is 1.53 bits per heavy atom. The number of hydrogen-bond acceptors (Lipinski definition) is 3. The number of carbonyl (C=O) groups is 1. The molecule has 0 aromatic carbocycles. The number of carbonyl (C=O) groups excluding carboxylic acids is 1. The molecule has 2 N–H and O–H groups in total. The van der Waals surface area contributed by atoms with Gasteiger partial charge in [-0.3, -0.25) is 4.79 Å². The molecule has 1 rings (SSSR count). The van der Waals surface area contributed by atoms with Crippen LogP contribution in [0.3, 0.4) is 0 Å². The molecule has 1 unspecified atom stereocenters. The third kappa shape index (κ3) is 3.41. The number of halogens is 1. The van der Waals surface area contributed by atoms with Crippen LogP contribution in [0, 0.1) is 11.8 Å². The first kappa shape index (κ1) is 12.9. The van der Waals surface area contributed by atoms with E-state index in [1.807, 2.05) is 29.1 Å². The Morgan fingerprint density at radius 3 is 2.73 bits per heavy atom. The Morgan fingerprint density at radius 2 is 2.20 bits per heavy atom. The van der Waals surface area contributed by atoms with Crippen molar-refractivity contribution in [3.63, 3.8) is 0 Å². The minimum atomic E-state index is 0.124. The highest BCUT2D eigenvalue weighted by atomic mass is 127. The van der Waals surface area contributed by atoms with Crippen molar-refractivity contribution < 1.29 is 4.79 Å². The summed E-state index contributed by atoms with van der Waals surface area (Å²) in [5.74, 6) is 0.595. The van der Waals surface area contributed by atoms with Crippen molar-refractivity contribution in [3.05, 3.63) is 0 Å². The van der Waals surface area contributed by atoms with Gasteiger partial charge in [0.1, 0.15) is 0 Å². The van der Waals surface area contributed by atoms with Gasteiger partial charge in [0.2, 0.25) is 5.91 Å². The molecular formula is C10H18IN3O. The van der Waals surface area contributed by atoms with Crippen LogP contribution in [0.25, 0.3) is 0 Å². The van der Waals surface area contributed by atoms with E-state index in [0.717, 1.165) is 19.3 Å². The fourth-order valence-electron chi connectivity index (χ4n) is 2.06. The van der Waals surface area contributed by atoms with Gasteiger partial charge in [0.05, 0.1) is 22.9 Å². The lowest BCUT2D eigenvalue weighted by atomic mass is 9.78. The molecule has 0 aromatic heterocycles. The molecule has 0 bridgehead atoms. The third-order valence-corrected chi connectivity index (χ3v) is 3.31. The Hall–Kier alpha value is -0.170. The first-order valence-electron chi connectivity index (χ1n) is 5.17.